The van der Waals surface area contributed by atoms with E-state index in [-0.39, 0.29) is 24.4 Å². The molecule has 0 aliphatic heterocycles. The summed E-state index contributed by atoms with van der Waals surface area (Å²) in [7, 11) is 1.59. The van der Waals surface area contributed by atoms with Crippen molar-refractivity contribution in [3.05, 3.63) is 77.4 Å². The van der Waals surface area contributed by atoms with Crippen molar-refractivity contribution < 1.29 is 14.3 Å². The molecule has 0 spiro atoms. The number of fused-ring (bicyclic) bond motifs is 1. The van der Waals surface area contributed by atoms with E-state index in [9.17, 15) is 9.59 Å². The first-order valence-electron chi connectivity index (χ1n) is 8.86. The highest BCUT2D eigenvalue weighted by molar-refractivity contribution is 6.30. The van der Waals surface area contributed by atoms with Crippen molar-refractivity contribution in [1.82, 2.24) is 0 Å². The van der Waals surface area contributed by atoms with Gasteiger partial charge >= 0.3 is 0 Å². The van der Waals surface area contributed by atoms with E-state index in [1.54, 1.807) is 31.4 Å². The Morgan fingerprint density at radius 3 is 2.11 bits per heavy atom. The van der Waals surface area contributed by atoms with Crippen LogP contribution in [0.5, 0.6) is 5.75 Å². The van der Waals surface area contributed by atoms with Crippen LogP contribution in [0.3, 0.4) is 0 Å². The van der Waals surface area contributed by atoms with E-state index in [1.165, 1.54) is 0 Å². The van der Waals surface area contributed by atoms with Gasteiger partial charge in [-0.3, -0.25) is 9.59 Å². The molecule has 1 unspecified atom stereocenters. The number of hydrogen-bond acceptors (Lipinski definition) is 3. The summed E-state index contributed by atoms with van der Waals surface area (Å²) in [5.74, 6) is 2.62. The Balaban J connectivity index is 2.20. The predicted octanol–water partition coefficient (Wildman–Crippen LogP) is 4.83. The van der Waals surface area contributed by atoms with Gasteiger partial charge in [0.05, 0.1) is 7.11 Å². The lowest BCUT2D eigenvalue weighted by Gasteiger charge is -2.34. The van der Waals surface area contributed by atoms with E-state index in [2.05, 4.69) is 12.5 Å². The monoisotopic (exact) mass is 358 g/mol. The maximum atomic E-state index is 13.5. The lowest BCUT2D eigenvalue weighted by molar-refractivity contribution is 0.0649. The Morgan fingerprint density at radius 2 is 1.67 bits per heavy atom. The van der Waals surface area contributed by atoms with Gasteiger partial charge < -0.3 is 4.74 Å². The first kappa shape index (κ1) is 18.7. The average Bonchev–Trinajstić information content (AvgIpc) is 2.89. The molecule has 0 aromatic heterocycles. The molecule has 0 saturated carbocycles. The van der Waals surface area contributed by atoms with Crippen LogP contribution >= 0.6 is 0 Å². The first-order chi connectivity index (χ1) is 13.0. The summed E-state index contributed by atoms with van der Waals surface area (Å²) < 4.78 is 5.23. The third-order valence-corrected chi connectivity index (χ3v) is 5.24. The number of hydrogen-bond donors (Lipinski definition) is 0. The van der Waals surface area contributed by atoms with E-state index in [0.29, 0.717) is 16.9 Å². The molecule has 0 heterocycles. The van der Waals surface area contributed by atoms with Gasteiger partial charge in [0.1, 0.15) is 11.2 Å². The summed E-state index contributed by atoms with van der Waals surface area (Å²) >= 11 is 0. The van der Waals surface area contributed by atoms with Crippen LogP contribution in [0.4, 0.5) is 0 Å². The van der Waals surface area contributed by atoms with Gasteiger partial charge in [0.2, 0.25) is 0 Å². The lowest BCUT2D eigenvalue weighted by atomic mass is 9.64. The van der Waals surface area contributed by atoms with Crippen molar-refractivity contribution in [3.8, 4) is 18.1 Å². The number of allylic oxidation sites excluding steroid dienone is 1. The van der Waals surface area contributed by atoms with Crippen LogP contribution in [-0.2, 0) is 0 Å². The summed E-state index contributed by atoms with van der Waals surface area (Å²) in [6.45, 7) is 5.82. The molecular weight excluding hydrogens is 336 g/mol. The minimum Gasteiger partial charge on any atom is -0.497 e. The zero-order valence-corrected chi connectivity index (χ0v) is 15.6. The molecule has 0 radical (unpaired) electrons. The van der Waals surface area contributed by atoms with Crippen molar-refractivity contribution in [3.63, 3.8) is 0 Å². The molecule has 1 aliphatic carbocycles. The average molecular weight is 358 g/mol. The second-order valence-corrected chi connectivity index (χ2v) is 7.04. The summed E-state index contributed by atoms with van der Waals surface area (Å²) in [4.78, 5) is 27.0. The van der Waals surface area contributed by atoms with E-state index < -0.39 is 11.3 Å². The van der Waals surface area contributed by atoms with Crippen LogP contribution in [0.15, 0.2) is 60.7 Å². The standard InChI is InChI=1S/C24H22O3/c1-5-8-21(17-11-13-18(27-4)14-12-17)24(15-16(2)3)22(25)19-9-6-7-10-20(19)23(24)26/h1,6-7,9-14,21H,2,8,15H2,3-4H3. The van der Waals surface area contributed by atoms with Crippen molar-refractivity contribution in [1.29, 1.82) is 0 Å². The van der Waals surface area contributed by atoms with Crippen molar-refractivity contribution >= 4 is 11.6 Å². The maximum absolute atomic E-state index is 13.5. The predicted molar refractivity (Wildman–Crippen MR) is 106 cm³/mol. The van der Waals surface area contributed by atoms with Gasteiger partial charge in [-0.05, 0) is 31.0 Å². The number of terminal acetylenes is 1. The summed E-state index contributed by atoms with van der Waals surface area (Å²) in [5, 5.41) is 0. The Morgan fingerprint density at radius 1 is 1.11 bits per heavy atom. The molecule has 0 fully saturated rings. The smallest absolute Gasteiger partial charge is 0.178 e. The third kappa shape index (κ3) is 2.98. The van der Waals surface area contributed by atoms with Gasteiger partial charge in [0.25, 0.3) is 0 Å². The SMILES string of the molecule is C#CCC(c1ccc(OC)cc1)C1(CC(=C)C)C(=O)c2ccccc2C1=O. The highest BCUT2D eigenvalue weighted by Gasteiger charge is 2.57. The fourth-order valence-corrected chi connectivity index (χ4v) is 4.07. The van der Waals surface area contributed by atoms with Gasteiger partial charge in [0, 0.05) is 23.5 Å². The molecular formula is C24H22O3. The molecule has 2 aromatic rings. The molecule has 2 aromatic carbocycles. The highest BCUT2D eigenvalue weighted by atomic mass is 16.5. The third-order valence-electron chi connectivity index (χ3n) is 5.24. The fraction of sp³-hybridized carbons (Fsp3) is 0.250. The first-order valence-corrected chi connectivity index (χ1v) is 8.86. The Bertz CT molecular complexity index is 909. The zero-order chi connectivity index (χ0) is 19.6. The second kappa shape index (κ2) is 7.25. The molecule has 3 rings (SSSR count). The molecule has 136 valence electrons. The quantitative estimate of drug-likeness (QED) is 0.422. The van der Waals surface area contributed by atoms with Gasteiger partial charge in [-0.1, -0.05) is 42.0 Å². The van der Waals surface area contributed by atoms with Crippen LogP contribution in [0, 0.1) is 17.8 Å². The minimum atomic E-state index is -1.25. The molecule has 27 heavy (non-hydrogen) atoms. The number of ether oxygens (including phenoxy) is 1. The molecule has 0 amide bonds. The normalized spacial score (nSPS) is 15.7. The molecule has 1 aliphatic rings. The fourth-order valence-electron chi connectivity index (χ4n) is 4.07. The summed E-state index contributed by atoms with van der Waals surface area (Å²) in [5.41, 5.74) is 1.32. The van der Waals surface area contributed by atoms with Gasteiger partial charge in [-0.15, -0.1) is 18.9 Å². The minimum absolute atomic E-state index is 0.165. The topological polar surface area (TPSA) is 43.4 Å². The van der Waals surface area contributed by atoms with E-state index in [1.807, 2.05) is 31.2 Å². The summed E-state index contributed by atoms with van der Waals surface area (Å²) in [6.07, 6.45) is 6.21. The van der Waals surface area contributed by atoms with Gasteiger partial charge in [-0.2, -0.15) is 0 Å². The molecule has 1 atom stereocenters. The molecule has 0 saturated heterocycles. The number of benzene rings is 2. The highest BCUT2D eigenvalue weighted by Crippen LogP contribution is 2.52. The molecule has 3 heteroatoms. The van der Waals surface area contributed by atoms with Crippen LogP contribution < -0.4 is 4.74 Å². The van der Waals surface area contributed by atoms with Crippen LogP contribution in [-0.4, -0.2) is 18.7 Å². The summed E-state index contributed by atoms with van der Waals surface area (Å²) in [6, 6.07) is 14.4. The zero-order valence-electron chi connectivity index (χ0n) is 15.6. The lowest BCUT2D eigenvalue weighted by Crippen LogP contribution is -2.40. The number of rotatable bonds is 6. The number of methoxy groups -OCH3 is 1. The van der Waals surface area contributed by atoms with E-state index in [0.717, 1.165) is 11.1 Å². The Labute approximate surface area is 160 Å². The van der Waals surface area contributed by atoms with E-state index in [4.69, 9.17) is 11.2 Å². The van der Waals surface area contributed by atoms with Crippen LogP contribution in [0.1, 0.15) is 52.0 Å². The van der Waals surface area contributed by atoms with Crippen LogP contribution in [0.2, 0.25) is 0 Å². The van der Waals surface area contributed by atoms with Crippen molar-refractivity contribution in [2.24, 2.45) is 5.41 Å². The maximum Gasteiger partial charge on any atom is 0.178 e. The van der Waals surface area contributed by atoms with Gasteiger partial charge in [-0.25, -0.2) is 0 Å². The Kier molecular flexibility index (Phi) is 5.01. The number of ketones is 2. The number of carbonyl (C=O) groups excluding carboxylic acids is 2. The molecule has 3 nitrogen and oxygen atoms in total. The van der Waals surface area contributed by atoms with Crippen molar-refractivity contribution in [2.45, 2.75) is 25.7 Å². The molecule has 0 N–H and O–H groups in total. The number of Topliss-reactive ketones (excluding diaryl/α,β-unsaturated/α-hetero) is 2. The van der Waals surface area contributed by atoms with E-state index >= 15 is 0 Å². The largest absolute Gasteiger partial charge is 0.497 e. The second-order valence-electron chi connectivity index (χ2n) is 7.04. The molecule has 0 bridgehead atoms. The Hall–Kier alpha value is -3.12. The van der Waals surface area contributed by atoms with Crippen molar-refractivity contribution in [2.75, 3.05) is 7.11 Å². The number of carbonyl (C=O) groups is 2. The van der Waals surface area contributed by atoms with Gasteiger partial charge in [0.15, 0.2) is 11.6 Å². The van der Waals surface area contributed by atoms with Crippen LogP contribution in [0.25, 0.3) is 0 Å².